The Morgan fingerprint density at radius 2 is 2.06 bits per heavy atom. The third kappa shape index (κ3) is 5.38. The zero-order chi connectivity index (χ0) is 13.8. The zero-order valence-electron chi connectivity index (χ0n) is 10.9. The van der Waals surface area contributed by atoms with Gasteiger partial charge in [0.05, 0.1) is 0 Å². The summed E-state index contributed by atoms with van der Waals surface area (Å²) in [4.78, 5) is 11.6. The molecular formula is C13H19ClN2O2. The molecule has 1 aromatic rings. The van der Waals surface area contributed by atoms with E-state index in [1.807, 2.05) is 32.9 Å². The van der Waals surface area contributed by atoms with Gasteiger partial charge in [0.2, 0.25) is 0 Å². The van der Waals surface area contributed by atoms with Gasteiger partial charge in [0.15, 0.2) is 0 Å². The van der Waals surface area contributed by atoms with Crippen LogP contribution in [0.15, 0.2) is 18.2 Å². The molecule has 0 heterocycles. The molecule has 0 aliphatic rings. The summed E-state index contributed by atoms with van der Waals surface area (Å²) in [5.41, 5.74) is 6.56. The highest BCUT2D eigenvalue weighted by atomic mass is 35.5. The number of hydrogen-bond donors (Lipinski definition) is 2. The molecule has 0 saturated carbocycles. The van der Waals surface area contributed by atoms with Gasteiger partial charge < -0.3 is 10.5 Å². The van der Waals surface area contributed by atoms with E-state index in [2.05, 4.69) is 5.32 Å². The van der Waals surface area contributed by atoms with Crippen molar-refractivity contribution in [2.45, 2.75) is 32.8 Å². The van der Waals surface area contributed by atoms with Crippen molar-refractivity contribution >= 4 is 23.4 Å². The van der Waals surface area contributed by atoms with Crippen molar-refractivity contribution in [3.8, 4) is 0 Å². The Labute approximate surface area is 112 Å². The fourth-order valence-corrected chi connectivity index (χ4v) is 1.71. The Hall–Kier alpha value is -1.26. The number of anilines is 1. The van der Waals surface area contributed by atoms with Crippen LogP contribution in [-0.4, -0.2) is 18.2 Å². The molecule has 18 heavy (non-hydrogen) atoms. The molecule has 1 amide bonds. The summed E-state index contributed by atoms with van der Waals surface area (Å²) in [6.07, 6.45) is 0.215. The van der Waals surface area contributed by atoms with Crippen LogP contribution in [0.4, 0.5) is 10.5 Å². The van der Waals surface area contributed by atoms with Crippen molar-refractivity contribution in [1.82, 2.24) is 0 Å². The van der Waals surface area contributed by atoms with Crippen molar-refractivity contribution < 1.29 is 9.53 Å². The molecule has 0 saturated heterocycles. The Kier molecular flexibility index (Phi) is 4.99. The van der Waals surface area contributed by atoms with E-state index in [-0.39, 0.29) is 0 Å². The van der Waals surface area contributed by atoms with E-state index in [0.717, 1.165) is 5.56 Å². The second-order valence-electron chi connectivity index (χ2n) is 5.01. The summed E-state index contributed by atoms with van der Waals surface area (Å²) in [6, 6.07) is 5.34. The first kappa shape index (κ1) is 14.8. The fourth-order valence-electron chi connectivity index (χ4n) is 1.46. The summed E-state index contributed by atoms with van der Waals surface area (Å²) >= 11 is 5.97. The molecule has 1 aromatic carbocycles. The fraction of sp³-hybridized carbons (Fsp3) is 0.462. The number of ether oxygens (including phenoxy) is 1. The predicted octanol–water partition coefficient (Wildman–Crippen LogP) is 3.19. The molecule has 0 atom stereocenters. The van der Waals surface area contributed by atoms with E-state index in [4.69, 9.17) is 22.1 Å². The molecule has 0 aliphatic heterocycles. The highest BCUT2D eigenvalue weighted by Gasteiger charge is 2.16. The molecule has 4 nitrogen and oxygen atoms in total. The van der Waals surface area contributed by atoms with Crippen molar-refractivity contribution in [2.24, 2.45) is 5.73 Å². The second kappa shape index (κ2) is 6.07. The van der Waals surface area contributed by atoms with E-state index < -0.39 is 11.7 Å². The lowest BCUT2D eigenvalue weighted by Crippen LogP contribution is -2.27. The topological polar surface area (TPSA) is 64.3 Å². The molecule has 0 spiro atoms. The molecule has 0 fully saturated rings. The second-order valence-corrected chi connectivity index (χ2v) is 5.45. The maximum atomic E-state index is 11.6. The van der Waals surface area contributed by atoms with Crippen LogP contribution >= 0.6 is 11.6 Å². The minimum absolute atomic E-state index is 0.497. The van der Waals surface area contributed by atoms with Crippen LogP contribution in [0.3, 0.4) is 0 Å². The van der Waals surface area contributed by atoms with Gasteiger partial charge in [0.25, 0.3) is 0 Å². The van der Waals surface area contributed by atoms with Crippen molar-refractivity contribution in [1.29, 1.82) is 0 Å². The number of nitrogens with two attached hydrogens (primary N) is 1. The lowest BCUT2D eigenvalue weighted by atomic mass is 10.1. The van der Waals surface area contributed by atoms with Crippen molar-refractivity contribution in [3.05, 3.63) is 28.8 Å². The van der Waals surface area contributed by atoms with Gasteiger partial charge in [-0.05, 0) is 57.5 Å². The maximum absolute atomic E-state index is 11.6. The normalized spacial score (nSPS) is 11.2. The molecule has 0 aliphatic carbocycles. The third-order valence-corrected chi connectivity index (χ3v) is 2.25. The standard InChI is InChI=1S/C13H19ClN2O2/c1-13(2,3)18-12(17)16-11-7-9(4-5-15)6-10(14)8-11/h6-8H,4-5,15H2,1-3H3,(H,16,17). The van der Waals surface area contributed by atoms with Gasteiger partial charge >= 0.3 is 6.09 Å². The first-order valence-electron chi connectivity index (χ1n) is 5.80. The van der Waals surface area contributed by atoms with E-state index in [1.54, 1.807) is 6.07 Å². The molecule has 0 aromatic heterocycles. The van der Waals surface area contributed by atoms with E-state index in [1.165, 1.54) is 0 Å². The molecule has 100 valence electrons. The largest absolute Gasteiger partial charge is 0.444 e. The van der Waals surface area contributed by atoms with Crippen LogP contribution in [0.5, 0.6) is 0 Å². The van der Waals surface area contributed by atoms with Crippen LogP contribution in [0.2, 0.25) is 5.02 Å². The molecule has 5 heteroatoms. The first-order chi connectivity index (χ1) is 8.30. The van der Waals surface area contributed by atoms with Crippen LogP contribution < -0.4 is 11.1 Å². The Bertz CT molecular complexity index is 427. The number of hydrogen-bond acceptors (Lipinski definition) is 3. The van der Waals surface area contributed by atoms with Gasteiger partial charge in [-0.25, -0.2) is 4.79 Å². The Morgan fingerprint density at radius 3 is 2.61 bits per heavy atom. The summed E-state index contributed by atoms with van der Waals surface area (Å²) in [6.45, 7) is 5.96. The zero-order valence-corrected chi connectivity index (χ0v) is 11.7. The van der Waals surface area contributed by atoms with Gasteiger partial charge in [-0.3, -0.25) is 5.32 Å². The van der Waals surface area contributed by atoms with Crippen LogP contribution in [0, 0.1) is 0 Å². The summed E-state index contributed by atoms with van der Waals surface area (Å²) < 4.78 is 5.16. The van der Waals surface area contributed by atoms with Gasteiger partial charge in [0, 0.05) is 10.7 Å². The molecule has 1 rings (SSSR count). The first-order valence-corrected chi connectivity index (χ1v) is 6.17. The van der Waals surface area contributed by atoms with Gasteiger partial charge in [0.1, 0.15) is 5.60 Å². The maximum Gasteiger partial charge on any atom is 0.412 e. The van der Waals surface area contributed by atoms with Gasteiger partial charge in [-0.2, -0.15) is 0 Å². The highest BCUT2D eigenvalue weighted by molar-refractivity contribution is 6.31. The van der Waals surface area contributed by atoms with Crippen molar-refractivity contribution in [2.75, 3.05) is 11.9 Å². The summed E-state index contributed by atoms with van der Waals surface area (Å²) in [5, 5.41) is 3.21. The number of halogens is 1. The monoisotopic (exact) mass is 270 g/mol. The van der Waals surface area contributed by atoms with Crippen LogP contribution in [0.1, 0.15) is 26.3 Å². The molecule has 0 bridgehead atoms. The predicted molar refractivity (Wildman–Crippen MR) is 74.1 cm³/mol. The lowest BCUT2D eigenvalue weighted by molar-refractivity contribution is 0.0636. The van der Waals surface area contributed by atoms with Crippen LogP contribution in [-0.2, 0) is 11.2 Å². The van der Waals surface area contributed by atoms with E-state index in [0.29, 0.717) is 23.7 Å². The number of carbonyl (C=O) groups excluding carboxylic acids is 1. The van der Waals surface area contributed by atoms with Crippen molar-refractivity contribution in [3.63, 3.8) is 0 Å². The third-order valence-electron chi connectivity index (χ3n) is 2.04. The summed E-state index contributed by atoms with van der Waals surface area (Å²) in [7, 11) is 0. The number of nitrogens with one attached hydrogen (secondary N) is 1. The highest BCUT2D eigenvalue weighted by Crippen LogP contribution is 2.20. The smallest absolute Gasteiger partial charge is 0.412 e. The van der Waals surface area contributed by atoms with Crippen LogP contribution in [0.25, 0.3) is 0 Å². The molecule has 0 unspecified atom stereocenters. The van der Waals surface area contributed by atoms with E-state index >= 15 is 0 Å². The van der Waals surface area contributed by atoms with Gasteiger partial charge in [-0.1, -0.05) is 11.6 Å². The minimum atomic E-state index is -0.525. The summed E-state index contributed by atoms with van der Waals surface area (Å²) in [5.74, 6) is 0. The lowest BCUT2D eigenvalue weighted by Gasteiger charge is -2.19. The quantitative estimate of drug-likeness (QED) is 0.887. The molecular weight excluding hydrogens is 252 g/mol. The number of amides is 1. The molecule has 0 radical (unpaired) electrons. The molecule has 3 N–H and O–H groups in total. The van der Waals surface area contributed by atoms with E-state index in [9.17, 15) is 4.79 Å². The minimum Gasteiger partial charge on any atom is -0.444 e. The number of carbonyl (C=O) groups is 1. The average Bonchev–Trinajstić information content (AvgIpc) is 2.12. The Balaban J connectivity index is 2.75. The number of benzene rings is 1. The Morgan fingerprint density at radius 1 is 1.39 bits per heavy atom. The average molecular weight is 271 g/mol. The number of rotatable bonds is 3. The SMILES string of the molecule is CC(C)(C)OC(=O)Nc1cc(Cl)cc(CCN)c1. The van der Waals surface area contributed by atoms with Gasteiger partial charge in [-0.15, -0.1) is 0 Å².